The summed E-state index contributed by atoms with van der Waals surface area (Å²) in [6.07, 6.45) is 1.68. The molecule has 0 aliphatic rings. The van der Waals surface area contributed by atoms with E-state index in [0.717, 1.165) is 35.5 Å². The zero-order chi connectivity index (χ0) is 28.0. The molecule has 0 radical (unpaired) electrons. The van der Waals surface area contributed by atoms with E-state index in [2.05, 4.69) is 15.3 Å². The third kappa shape index (κ3) is 6.80. The van der Waals surface area contributed by atoms with E-state index in [1.165, 1.54) is 7.11 Å². The van der Waals surface area contributed by atoms with Gasteiger partial charge in [0, 0.05) is 42.2 Å². The molecule has 1 amide bonds. The lowest BCUT2D eigenvalue weighted by molar-refractivity contribution is -0.384. The summed E-state index contributed by atoms with van der Waals surface area (Å²) in [5.41, 5.74) is 2.87. The van der Waals surface area contributed by atoms with Gasteiger partial charge in [-0.2, -0.15) is 8.42 Å². The van der Waals surface area contributed by atoms with Crippen LogP contribution in [-0.4, -0.2) is 42.4 Å². The zero-order valence-electron chi connectivity index (χ0n) is 21.0. The second kappa shape index (κ2) is 11.8. The number of nitrogens with zero attached hydrogens (tertiary/aromatic N) is 3. The van der Waals surface area contributed by atoms with Gasteiger partial charge in [-0.15, -0.1) is 0 Å². The standard InChI is InChI=1S/C27H24N4O7S/c1-18-14-20(12-13-28-18)21-16-24(27(37-2)29-17-21)30-26(32)25(15-19-6-4-3-5-7-19)38-39(35,36)23-10-8-22(9-11-23)31(33)34/h3-14,16-17,25H,15H2,1-2H3,(H,30,32)/t25-/m1/s1. The largest absolute Gasteiger partial charge is 0.480 e. The normalized spacial score (nSPS) is 11.9. The molecule has 200 valence electrons. The first kappa shape index (κ1) is 27.4. The molecule has 0 spiro atoms. The van der Waals surface area contributed by atoms with Crippen molar-refractivity contribution in [2.45, 2.75) is 24.3 Å². The molecule has 2 aromatic carbocycles. The van der Waals surface area contributed by atoms with Crippen LogP contribution in [0.5, 0.6) is 5.88 Å². The van der Waals surface area contributed by atoms with Crippen LogP contribution < -0.4 is 10.1 Å². The van der Waals surface area contributed by atoms with Crippen molar-refractivity contribution >= 4 is 27.4 Å². The van der Waals surface area contributed by atoms with E-state index in [4.69, 9.17) is 8.92 Å². The van der Waals surface area contributed by atoms with E-state index in [0.29, 0.717) is 11.1 Å². The highest BCUT2D eigenvalue weighted by Crippen LogP contribution is 2.29. The molecule has 2 heterocycles. The van der Waals surface area contributed by atoms with E-state index in [1.807, 2.05) is 13.0 Å². The first-order chi connectivity index (χ1) is 18.7. The maximum atomic E-state index is 13.5. The summed E-state index contributed by atoms with van der Waals surface area (Å²) in [6, 6.07) is 18.3. The number of carbonyl (C=O) groups excluding carboxylic acids is 1. The summed E-state index contributed by atoms with van der Waals surface area (Å²) in [4.78, 5) is 31.9. The molecule has 1 N–H and O–H groups in total. The number of carbonyl (C=O) groups is 1. The van der Waals surface area contributed by atoms with Crippen molar-refractivity contribution in [3.63, 3.8) is 0 Å². The van der Waals surface area contributed by atoms with Crippen LogP contribution in [0.25, 0.3) is 11.1 Å². The Morgan fingerprint density at radius 3 is 2.38 bits per heavy atom. The molecular formula is C27H24N4O7S. The van der Waals surface area contributed by atoms with Gasteiger partial charge < -0.3 is 10.1 Å². The lowest BCUT2D eigenvalue weighted by Crippen LogP contribution is -2.34. The van der Waals surface area contributed by atoms with Gasteiger partial charge in [-0.05, 0) is 48.4 Å². The molecule has 4 rings (SSSR count). The van der Waals surface area contributed by atoms with Gasteiger partial charge in [0.1, 0.15) is 5.69 Å². The molecule has 1 atom stereocenters. The van der Waals surface area contributed by atoms with Crippen molar-refractivity contribution in [1.82, 2.24) is 9.97 Å². The lowest BCUT2D eigenvalue weighted by atomic mass is 10.1. The predicted octanol–water partition coefficient (Wildman–Crippen LogP) is 4.32. The molecule has 0 saturated carbocycles. The molecule has 2 aromatic heterocycles. The fraction of sp³-hybridized carbons (Fsp3) is 0.148. The lowest BCUT2D eigenvalue weighted by Gasteiger charge is -2.19. The molecule has 39 heavy (non-hydrogen) atoms. The monoisotopic (exact) mass is 548 g/mol. The van der Waals surface area contributed by atoms with Gasteiger partial charge in [-0.25, -0.2) is 4.98 Å². The van der Waals surface area contributed by atoms with Gasteiger partial charge in [-0.1, -0.05) is 30.3 Å². The number of amides is 1. The number of pyridine rings is 2. The van der Waals surface area contributed by atoms with E-state index >= 15 is 0 Å². The Bertz CT molecular complexity index is 1590. The van der Waals surface area contributed by atoms with Crippen molar-refractivity contribution in [3.05, 3.63) is 107 Å². The van der Waals surface area contributed by atoms with Gasteiger partial charge in [-0.3, -0.25) is 24.1 Å². The van der Waals surface area contributed by atoms with Crippen LogP contribution in [0.3, 0.4) is 0 Å². The quantitative estimate of drug-likeness (QED) is 0.173. The van der Waals surface area contributed by atoms with Crippen molar-refractivity contribution in [1.29, 1.82) is 0 Å². The van der Waals surface area contributed by atoms with Gasteiger partial charge in [0.15, 0.2) is 6.10 Å². The summed E-state index contributed by atoms with van der Waals surface area (Å²) in [5, 5.41) is 13.6. The summed E-state index contributed by atoms with van der Waals surface area (Å²) >= 11 is 0. The van der Waals surface area contributed by atoms with Gasteiger partial charge in [0.05, 0.1) is 16.9 Å². The second-order valence-corrected chi connectivity index (χ2v) is 10.0. The van der Waals surface area contributed by atoms with Crippen LogP contribution in [0.4, 0.5) is 11.4 Å². The smallest absolute Gasteiger partial charge is 0.297 e. The Balaban J connectivity index is 1.65. The molecule has 0 aliphatic heterocycles. The molecule has 12 heteroatoms. The number of methoxy groups -OCH3 is 1. The van der Waals surface area contributed by atoms with E-state index in [9.17, 15) is 23.3 Å². The highest BCUT2D eigenvalue weighted by atomic mass is 32.2. The number of anilines is 1. The Labute approximate surface area is 224 Å². The summed E-state index contributed by atoms with van der Waals surface area (Å²) < 4.78 is 36.8. The number of hydrogen-bond donors (Lipinski definition) is 1. The van der Waals surface area contributed by atoms with Crippen molar-refractivity contribution < 1.29 is 27.1 Å². The Hall–Kier alpha value is -4.68. The maximum Gasteiger partial charge on any atom is 0.297 e. The van der Waals surface area contributed by atoms with Crippen molar-refractivity contribution in [3.8, 4) is 17.0 Å². The van der Waals surface area contributed by atoms with Gasteiger partial charge in [0.2, 0.25) is 5.88 Å². The number of hydrogen-bond acceptors (Lipinski definition) is 9. The third-order valence-corrected chi connectivity index (χ3v) is 7.00. The molecule has 0 aliphatic carbocycles. The summed E-state index contributed by atoms with van der Waals surface area (Å²) in [7, 11) is -3.07. The minimum Gasteiger partial charge on any atom is -0.480 e. The van der Waals surface area contributed by atoms with E-state index < -0.39 is 27.1 Å². The topological polar surface area (TPSA) is 151 Å². The SMILES string of the molecule is COc1ncc(-c2ccnc(C)c2)cc1NC(=O)[C@@H](Cc1ccccc1)OS(=O)(=O)c1ccc([N+](=O)[O-])cc1. The zero-order valence-corrected chi connectivity index (χ0v) is 21.8. The fourth-order valence-corrected chi connectivity index (χ4v) is 4.78. The van der Waals surface area contributed by atoms with Crippen molar-refractivity contribution in [2.24, 2.45) is 0 Å². The Kier molecular flexibility index (Phi) is 8.27. The van der Waals surface area contributed by atoms with Crippen LogP contribution in [0, 0.1) is 17.0 Å². The Morgan fingerprint density at radius 1 is 1.03 bits per heavy atom. The number of nitro benzene ring substituents is 1. The first-order valence-corrected chi connectivity index (χ1v) is 13.1. The predicted molar refractivity (Wildman–Crippen MR) is 143 cm³/mol. The molecular weight excluding hydrogens is 524 g/mol. The van der Waals surface area contributed by atoms with E-state index in [1.54, 1.807) is 54.9 Å². The molecule has 0 fully saturated rings. The summed E-state index contributed by atoms with van der Waals surface area (Å²) in [6.45, 7) is 1.85. The first-order valence-electron chi connectivity index (χ1n) is 11.7. The third-order valence-electron chi connectivity index (χ3n) is 5.67. The number of nitrogens with one attached hydrogen (secondary N) is 1. The second-order valence-electron chi connectivity index (χ2n) is 8.44. The van der Waals surface area contributed by atoms with Crippen LogP contribution in [0.1, 0.15) is 11.3 Å². The highest BCUT2D eigenvalue weighted by Gasteiger charge is 2.29. The number of rotatable bonds is 10. The van der Waals surface area contributed by atoms with Crippen LogP contribution >= 0.6 is 0 Å². The highest BCUT2D eigenvalue weighted by molar-refractivity contribution is 7.86. The fourth-order valence-electron chi connectivity index (χ4n) is 3.74. The Morgan fingerprint density at radius 2 is 1.74 bits per heavy atom. The molecule has 11 nitrogen and oxygen atoms in total. The number of nitro groups is 1. The minimum atomic E-state index is -4.47. The maximum absolute atomic E-state index is 13.5. The van der Waals surface area contributed by atoms with Gasteiger partial charge >= 0.3 is 0 Å². The number of aryl methyl sites for hydroxylation is 1. The molecule has 0 bridgehead atoms. The van der Waals surface area contributed by atoms with E-state index in [-0.39, 0.29) is 28.6 Å². The van der Waals surface area contributed by atoms with Crippen LogP contribution in [-0.2, 0) is 25.5 Å². The van der Waals surface area contributed by atoms with Crippen LogP contribution in [0.2, 0.25) is 0 Å². The number of aromatic nitrogens is 2. The minimum absolute atomic E-state index is 0.0716. The molecule has 0 unspecified atom stereocenters. The van der Waals surface area contributed by atoms with Crippen molar-refractivity contribution in [2.75, 3.05) is 12.4 Å². The number of non-ortho nitro benzene ring substituents is 1. The molecule has 0 saturated heterocycles. The van der Waals surface area contributed by atoms with Crippen LogP contribution in [0.15, 0.2) is 90.1 Å². The number of benzene rings is 2. The average molecular weight is 549 g/mol. The summed E-state index contributed by atoms with van der Waals surface area (Å²) in [5.74, 6) is -0.637. The number of ether oxygens (including phenoxy) is 1. The van der Waals surface area contributed by atoms with Gasteiger partial charge in [0.25, 0.3) is 21.7 Å². The molecule has 4 aromatic rings. The average Bonchev–Trinajstić information content (AvgIpc) is 2.93.